The van der Waals surface area contributed by atoms with Gasteiger partial charge in [-0.15, -0.1) is 0 Å². The largest absolute Gasteiger partial charge is 0.317 e. The van der Waals surface area contributed by atoms with Crippen LogP contribution in [0.5, 0.6) is 0 Å². The van der Waals surface area contributed by atoms with Crippen molar-refractivity contribution in [3.63, 3.8) is 0 Å². The number of hydrogen-bond acceptors (Lipinski definition) is 2. The van der Waals surface area contributed by atoms with Crippen molar-refractivity contribution in [1.82, 2.24) is 9.97 Å². The van der Waals surface area contributed by atoms with Crippen molar-refractivity contribution in [1.29, 1.82) is 0 Å². The maximum Gasteiger partial charge on any atom is 0.317 e. The third-order valence-electron chi connectivity index (χ3n) is 1.17. The van der Waals surface area contributed by atoms with Gasteiger partial charge >= 0.3 is 5.92 Å². The summed E-state index contributed by atoms with van der Waals surface area (Å²) in [5.74, 6) is -3.58. The van der Waals surface area contributed by atoms with Crippen LogP contribution < -0.4 is 0 Å². The van der Waals surface area contributed by atoms with Gasteiger partial charge in [0.2, 0.25) is 5.28 Å². The lowest BCUT2D eigenvalue weighted by Gasteiger charge is -2.09. The van der Waals surface area contributed by atoms with Crippen LogP contribution >= 0.6 is 11.6 Å². The van der Waals surface area contributed by atoms with E-state index in [1.54, 1.807) is 0 Å². The summed E-state index contributed by atoms with van der Waals surface area (Å²) >= 11 is 5.23. The summed E-state index contributed by atoms with van der Waals surface area (Å²) in [6, 6.07) is 0.922. The number of rotatable bonds is 2. The van der Waals surface area contributed by atoms with Crippen LogP contribution in [0.4, 0.5) is 13.2 Å². The lowest BCUT2D eigenvalue weighted by Crippen LogP contribution is -2.17. The van der Waals surface area contributed by atoms with Gasteiger partial charge in [-0.3, -0.25) is 0 Å². The standard InChI is InChI=1S/C6H4ClF3N2/c7-5-11-2-1-4(12-5)6(9,10)3-8/h1-2H,3H2. The first-order valence-electron chi connectivity index (χ1n) is 2.99. The Balaban J connectivity index is 3.03. The Bertz CT molecular complexity index is 279. The normalized spacial score (nSPS) is 11.7. The van der Waals surface area contributed by atoms with Gasteiger partial charge in [0.1, 0.15) is 5.69 Å². The molecule has 0 aromatic carbocycles. The van der Waals surface area contributed by atoms with Crippen molar-refractivity contribution in [2.24, 2.45) is 0 Å². The van der Waals surface area contributed by atoms with Crippen LogP contribution in [0.1, 0.15) is 5.69 Å². The Labute approximate surface area is 71.4 Å². The molecule has 1 heterocycles. The second kappa shape index (κ2) is 3.26. The Morgan fingerprint density at radius 3 is 2.67 bits per heavy atom. The van der Waals surface area contributed by atoms with Crippen LogP contribution in [0.25, 0.3) is 0 Å². The van der Waals surface area contributed by atoms with Gasteiger partial charge in [0.15, 0.2) is 6.67 Å². The first kappa shape index (κ1) is 9.25. The van der Waals surface area contributed by atoms with Gasteiger partial charge in [-0.1, -0.05) is 0 Å². The van der Waals surface area contributed by atoms with E-state index < -0.39 is 18.3 Å². The highest BCUT2D eigenvalue weighted by Gasteiger charge is 2.33. The van der Waals surface area contributed by atoms with Crippen LogP contribution in [-0.2, 0) is 5.92 Å². The molecular formula is C6H4ClF3N2. The lowest BCUT2D eigenvalue weighted by atomic mass is 10.2. The molecule has 0 aliphatic heterocycles. The maximum absolute atomic E-state index is 12.5. The van der Waals surface area contributed by atoms with Crippen molar-refractivity contribution in [2.45, 2.75) is 5.92 Å². The van der Waals surface area contributed by atoms with Crippen molar-refractivity contribution in [2.75, 3.05) is 6.67 Å². The topological polar surface area (TPSA) is 25.8 Å². The summed E-state index contributed by atoms with van der Waals surface area (Å²) in [5, 5.41) is -0.319. The second-order valence-corrected chi connectivity index (χ2v) is 2.39. The van der Waals surface area contributed by atoms with E-state index in [0.29, 0.717) is 0 Å². The van der Waals surface area contributed by atoms with Crippen LogP contribution in [-0.4, -0.2) is 16.6 Å². The SMILES string of the molecule is FCC(F)(F)c1ccnc(Cl)n1. The number of hydrogen-bond donors (Lipinski definition) is 0. The molecule has 0 aliphatic rings. The minimum absolute atomic E-state index is 0.319. The third-order valence-corrected chi connectivity index (χ3v) is 1.35. The van der Waals surface area contributed by atoms with E-state index in [0.717, 1.165) is 12.3 Å². The van der Waals surface area contributed by atoms with E-state index in [-0.39, 0.29) is 5.28 Å². The van der Waals surface area contributed by atoms with Crippen LogP contribution in [0.3, 0.4) is 0 Å². The average molecular weight is 197 g/mol. The van der Waals surface area contributed by atoms with Gasteiger partial charge in [0.05, 0.1) is 0 Å². The zero-order valence-electron chi connectivity index (χ0n) is 5.77. The van der Waals surface area contributed by atoms with Crippen LogP contribution in [0.2, 0.25) is 5.28 Å². The minimum Gasteiger partial charge on any atom is -0.244 e. The minimum atomic E-state index is -3.58. The van der Waals surface area contributed by atoms with E-state index in [9.17, 15) is 13.2 Å². The van der Waals surface area contributed by atoms with Crippen molar-refractivity contribution in [3.05, 3.63) is 23.2 Å². The molecular weight excluding hydrogens is 193 g/mol. The van der Waals surface area contributed by atoms with Gasteiger partial charge in [-0.2, -0.15) is 8.78 Å². The van der Waals surface area contributed by atoms with Gasteiger partial charge in [0.25, 0.3) is 0 Å². The van der Waals surface area contributed by atoms with Gasteiger partial charge in [-0.25, -0.2) is 14.4 Å². The number of nitrogens with zero attached hydrogens (tertiary/aromatic N) is 2. The van der Waals surface area contributed by atoms with E-state index in [1.807, 2.05) is 0 Å². The molecule has 0 aliphatic carbocycles. The number of aromatic nitrogens is 2. The predicted molar refractivity (Wildman–Crippen MR) is 36.9 cm³/mol. The zero-order valence-corrected chi connectivity index (χ0v) is 6.52. The molecule has 0 N–H and O–H groups in total. The smallest absolute Gasteiger partial charge is 0.244 e. The molecule has 12 heavy (non-hydrogen) atoms. The fourth-order valence-corrected chi connectivity index (χ4v) is 0.754. The molecule has 0 radical (unpaired) electrons. The molecule has 0 atom stereocenters. The lowest BCUT2D eigenvalue weighted by molar-refractivity contribution is -0.0322. The Morgan fingerprint density at radius 1 is 1.50 bits per heavy atom. The molecule has 0 saturated carbocycles. The highest BCUT2D eigenvalue weighted by Crippen LogP contribution is 2.26. The summed E-state index contributed by atoms with van der Waals surface area (Å²) in [7, 11) is 0. The highest BCUT2D eigenvalue weighted by atomic mass is 35.5. The second-order valence-electron chi connectivity index (χ2n) is 2.05. The van der Waals surface area contributed by atoms with Crippen LogP contribution in [0, 0.1) is 0 Å². The summed E-state index contributed by atoms with van der Waals surface area (Å²) in [6.45, 7) is -1.79. The summed E-state index contributed by atoms with van der Waals surface area (Å²) < 4.78 is 36.8. The molecule has 1 aromatic heterocycles. The zero-order chi connectivity index (χ0) is 9.19. The molecule has 0 saturated heterocycles. The average Bonchev–Trinajstić information content (AvgIpc) is 2.05. The van der Waals surface area contributed by atoms with E-state index in [1.165, 1.54) is 0 Å². The molecule has 2 nitrogen and oxygen atoms in total. The summed E-state index contributed by atoms with van der Waals surface area (Å²) in [4.78, 5) is 6.57. The van der Waals surface area contributed by atoms with Crippen molar-refractivity contribution < 1.29 is 13.2 Å². The van der Waals surface area contributed by atoms with E-state index >= 15 is 0 Å². The summed E-state index contributed by atoms with van der Waals surface area (Å²) in [6.07, 6.45) is 1.05. The molecule has 66 valence electrons. The molecule has 0 bridgehead atoms. The molecule has 0 unspecified atom stereocenters. The Hall–Kier alpha value is -0.840. The van der Waals surface area contributed by atoms with Crippen molar-refractivity contribution >= 4 is 11.6 Å². The molecule has 1 aromatic rings. The van der Waals surface area contributed by atoms with Crippen LogP contribution in [0.15, 0.2) is 12.3 Å². The van der Waals surface area contributed by atoms with E-state index in [4.69, 9.17) is 11.6 Å². The quantitative estimate of drug-likeness (QED) is 0.678. The first-order chi connectivity index (χ1) is 5.56. The number of alkyl halides is 3. The fraction of sp³-hybridized carbons (Fsp3) is 0.333. The van der Waals surface area contributed by atoms with Gasteiger partial charge < -0.3 is 0 Å². The maximum atomic E-state index is 12.5. The Morgan fingerprint density at radius 2 is 2.17 bits per heavy atom. The third kappa shape index (κ3) is 1.85. The van der Waals surface area contributed by atoms with Gasteiger partial charge in [0, 0.05) is 6.20 Å². The fourth-order valence-electron chi connectivity index (χ4n) is 0.607. The predicted octanol–water partition coefficient (Wildman–Crippen LogP) is 2.19. The molecule has 0 spiro atoms. The summed E-state index contributed by atoms with van der Waals surface area (Å²) in [5.41, 5.74) is -0.704. The van der Waals surface area contributed by atoms with E-state index in [2.05, 4.69) is 9.97 Å². The molecule has 1 rings (SSSR count). The highest BCUT2D eigenvalue weighted by molar-refractivity contribution is 6.28. The molecule has 6 heteroatoms. The number of halogens is 4. The molecule has 0 fully saturated rings. The monoisotopic (exact) mass is 196 g/mol. The van der Waals surface area contributed by atoms with Gasteiger partial charge in [-0.05, 0) is 17.7 Å². The molecule has 0 amide bonds. The first-order valence-corrected chi connectivity index (χ1v) is 3.37. The van der Waals surface area contributed by atoms with Crippen molar-refractivity contribution in [3.8, 4) is 0 Å². The Kier molecular flexibility index (Phi) is 2.52.